The number of carbonyl (C=O) groups excluding carboxylic acids is 2. The van der Waals surface area contributed by atoms with Gasteiger partial charge in [0.15, 0.2) is 0 Å². The lowest BCUT2D eigenvalue weighted by atomic mass is 9.72. The largest absolute Gasteiger partial charge is 0.346 e. The number of hydrogen-bond acceptors (Lipinski definition) is 4. The van der Waals surface area contributed by atoms with Gasteiger partial charge in [-0.2, -0.15) is 5.26 Å². The molecule has 7 heteroatoms. The number of hydrogen-bond donors (Lipinski definition) is 1. The first-order valence-corrected chi connectivity index (χ1v) is 12.1. The Bertz CT molecular complexity index is 1130. The molecule has 0 bridgehead atoms. The Balaban J connectivity index is 1.40. The van der Waals surface area contributed by atoms with Crippen molar-refractivity contribution in [3.63, 3.8) is 0 Å². The van der Waals surface area contributed by atoms with Crippen LogP contribution < -0.4 is 4.90 Å². The van der Waals surface area contributed by atoms with Crippen molar-refractivity contribution in [3.05, 3.63) is 30.0 Å². The Morgan fingerprint density at radius 3 is 2.82 bits per heavy atom. The molecule has 0 spiro atoms. The van der Waals surface area contributed by atoms with Crippen molar-refractivity contribution in [1.82, 2.24) is 14.9 Å². The van der Waals surface area contributed by atoms with Crippen LogP contribution in [-0.2, 0) is 9.59 Å². The molecule has 7 nitrogen and oxygen atoms in total. The lowest BCUT2D eigenvalue weighted by Crippen LogP contribution is -2.41. The van der Waals surface area contributed by atoms with Crippen LogP contribution in [0.1, 0.15) is 63.9 Å². The average molecular weight is 446 g/mol. The van der Waals surface area contributed by atoms with E-state index in [0.717, 1.165) is 68.0 Å². The molecule has 1 aliphatic heterocycles. The molecule has 3 heterocycles. The van der Waals surface area contributed by atoms with Crippen LogP contribution in [0.2, 0.25) is 0 Å². The van der Waals surface area contributed by atoms with E-state index in [-0.39, 0.29) is 17.9 Å². The van der Waals surface area contributed by atoms with Crippen molar-refractivity contribution in [2.45, 2.75) is 64.3 Å². The number of anilines is 1. The zero-order valence-corrected chi connectivity index (χ0v) is 19.2. The van der Waals surface area contributed by atoms with Gasteiger partial charge in [0, 0.05) is 37.1 Å². The molecule has 5 rings (SSSR count). The summed E-state index contributed by atoms with van der Waals surface area (Å²) in [4.78, 5) is 36.4. The predicted molar refractivity (Wildman–Crippen MR) is 127 cm³/mol. The van der Waals surface area contributed by atoms with Gasteiger partial charge in [-0.15, -0.1) is 0 Å². The number of carbonyl (C=O) groups is 2. The molecule has 2 aliphatic carbocycles. The molecule has 2 aromatic rings. The van der Waals surface area contributed by atoms with E-state index in [9.17, 15) is 14.9 Å². The van der Waals surface area contributed by atoms with Gasteiger partial charge in [-0.1, -0.05) is 32.3 Å². The maximum absolute atomic E-state index is 13.1. The van der Waals surface area contributed by atoms with E-state index >= 15 is 0 Å². The standard InChI is InChI=1S/C26H31N5O2/c1-18-15-30(24(33)14-26(16-27)9-3-2-4-10-26)12-8-20(18)22-13-23(31(17-32)19-5-6-19)29-25-21(22)7-11-28-25/h7-8,11,13,17-19H,2-6,9-10,12,14-15H2,1H3,(H,28,29)/t18-/m1/s1. The van der Waals surface area contributed by atoms with E-state index in [4.69, 9.17) is 4.98 Å². The van der Waals surface area contributed by atoms with Gasteiger partial charge < -0.3 is 9.88 Å². The highest BCUT2D eigenvalue weighted by Crippen LogP contribution is 2.40. The number of nitrogens with zero attached hydrogens (tertiary/aromatic N) is 4. The number of rotatable bonds is 6. The van der Waals surface area contributed by atoms with E-state index in [1.165, 1.54) is 5.57 Å². The van der Waals surface area contributed by atoms with Crippen molar-refractivity contribution in [1.29, 1.82) is 5.26 Å². The molecule has 1 atom stereocenters. The highest BCUT2D eigenvalue weighted by Gasteiger charge is 2.37. The Labute approximate surface area is 194 Å². The van der Waals surface area contributed by atoms with Crippen LogP contribution in [0.15, 0.2) is 24.4 Å². The minimum atomic E-state index is -0.485. The summed E-state index contributed by atoms with van der Waals surface area (Å²) in [6, 6.07) is 6.77. The highest BCUT2D eigenvalue weighted by molar-refractivity contribution is 5.94. The van der Waals surface area contributed by atoms with Gasteiger partial charge in [-0.3, -0.25) is 14.5 Å². The minimum Gasteiger partial charge on any atom is -0.346 e. The Hall–Kier alpha value is -3.14. The molecule has 0 radical (unpaired) electrons. The summed E-state index contributed by atoms with van der Waals surface area (Å²) < 4.78 is 0. The van der Waals surface area contributed by atoms with Gasteiger partial charge in [0.25, 0.3) is 0 Å². The summed E-state index contributed by atoms with van der Waals surface area (Å²) in [6.45, 7) is 3.32. The smallest absolute Gasteiger partial charge is 0.224 e. The Kier molecular flexibility index (Phi) is 5.69. The third kappa shape index (κ3) is 4.15. The summed E-state index contributed by atoms with van der Waals surface area (Å²) in [5.74, 6) is 0.909. The van der Waals surface area contributed by atoms with Gasteiger partial charge in [-0.25, -0.2) is 4.98 Å². The summed E-state index contributed by atoms with van der Waals surface area (Å²) in [5.41, 5.74) is 2.54. The number of amides is 2. The van der Waals surface area contributed by atoms with Crippen molar-refractivity contribution in [2.75, 3.05) is 18.0 Å². The highest BCUT2D eigenvalue weighted by atomic mass is 16.2. The summed E-state index contributed by atoms with van der Waals surface area (Å²) in [7, 11) is 0. The average Bonchev–Trinajstić information content (AvgIpc) is 3.55. The number of aromatic nitrogens is 2. The van der Waals surface area contributed by atoms with E-state index in [1.807, 2.05) is 23.2 Å². The Morgan fingerprint density at radius 2 is 2.15 bits per heavy atom. The second kappa shape index (κ2) is 8.66. The molecule has 0 aromatic carbocycles. The molecule has 33 heavy (non-hydrogen) atoms. The van der Waals surface area contributed by atoms with Crippen LogP contribution >= 0.6 is 0 Å². The zero-order valence-electron chi connectivity index (χ0n) is 19.2. The SMILES string of the molecule is C[C@@H]1CN(C(=O)CC2(C#N)CCCCC2)CC=C1c1cc(N(C=O)C2CC2)nc2[nH]ccc12. The first-order chi connectivity index (χ1) is 16.0. The Morgan fingerprint density at radius 1 is 1.36 bits per heavy atom. The number of aromatic amines is 1. The fourth-order valence-corrected chi connectivity index (χ4v) is 5.53. The molecular weight excluding hydrogens is 414 g/mol. The van der Waals surface area contributed by atoms with Gasteiger partial charge in [-0.05, 0) is 54.9 Å². The molecule has 3 aliphatic rings. The van der Waals surface area contributed by atoms with Gasteiger partial charge >= 0.3 is 0 Å². The number of fused-ring (bicyclic) bond motifs is 1. The van der Waals surface area contributed by atoms with Crippen LogP contribution in [0.4, 0.5) is 5.82 Å². The normalized spacial score (nSPS) is 22.5. The maximum atomic E-state index is 13.1. The molecule has 0 saturated heterocycles. The van der Waals surface area contributed by atoms with Crippen molar-refractivity contribution >= 4 is 34.7 Å². The van der Waals surface area contributed by atoms with E-state index in [0.29, 0.717) is 25.3 Å². The zero-order chi connectivity index (χ0) is 23.0. The fourth-order valence-electron chi connectivity index (χ4n) is 5.53. The monoisotopic (exact) mass is 445 g/mol. The summed E-state index contributed by atoms with van der Waals surface area (Å²) in [6.07, 6.45) is 12.2. The first kappa shape index (κ1) is 21.7. The number of pyridine rings is 1. The molecule has 1 N–H and O–H groups in total. The minimum absolute atomic E-state index is 0.0867. The number of nitriles is 1. The van der Waals surface area contributed by atoms with Gasteiger partial charge in [0.2, 0.25) is 12.3 Å². The second-order valence-electron chi connectivity index (χ2n) is 10.0. The van der Waals surface area contributed by atoms with Crippen molar-refractivity contribution in [3.8, 4) is 6.07 Å². The van der Waals surface area contributed by atoms with Crippen LogP contribution in [0.3, 0.4) is 0 Å². The third-order valence-corrected chi connectivity index (χ3v) is 7.59. The molecule has 2 amide bonds. The molecule has 172 valence electrons. The van der Waals surface area contributed by atoms with Crippen LogP contribution in [0.25, 0.3) is 16.6 Å². The van der Waals surface area contributed by atoms with E-state index < -0.39 is 5.41 Å². The van der Waals surface area contributed by atoms with Gasteiger partial charge in [0.05, 0.1) is 11.5 Å². The second-order valence-corrected chi connectivity index (χ2v) is 10.0. The summed E-state index contributed by atoms with van der Waals surface area (Å²) >= 11 is 0. The first-order valence-electron chi connectivity index (χ1n) is 12.1. The van der Waals surface area contributed by atoms with Crippen LogP contribution in [0, 0.1) is 22.7 Å². The topological polar surface area (TPSA) is 93.1 Å². The van der Waals surface area contributed by atoms with E-state index in [2.05, 4.69) is 24.1 Å². The fraction of sp³-hybridized carbons (Fsp3) is 0.538. The molecule has 2 saturated carbocycles. The van der Waals surface area contributed by atoms with Crippen molar-refractivity contribution in [2.24, 2.45) is 11.3 Å². The number of H-pyrrole nitrogens is 1. The third-order valence-electron chi connectivity index (χ3n) is 7.59. The van der Waals surface area contributed by atoms with Gasteiger partial charge in [0.1, 0.15) is 11.5 Å². The number of nitrogens with one attached hydrogen (secondary N) is 1. The molecular formula is C26H31N5O2. The van der Waals surface area contributed by atoms with Crippen LogP contribution in [-0.4, -0.2) is 46.3 Å². The molecule has 0 unspecified atom stereocenters. The quantitative estimate of drug-likeness (QED) is 0.667. The van der Waals surface area contributed by atoms with E-state index in [1.54, 1.807) is 4.90 Å². The maximum Gasteiger partial charge on any atom is 0.224 e. The molecule has 2 aromatic heterocycles. The summed E-state index contributed by atoms with van der Waals surface area (Å²) in [5, 5.41) is 10.8. The van der Waals surface area contributed by atoms with Crippen molar-refractivity contribution < 1.29 is 9.59 Å². The lowest BCUT2D eigenvalue weighted by Gasteiger charge is -2.35. The lowest BCUT2D eigenvalue weighted by molar-refractivity contribution is -0.133. The predicted octanol–water partition coefficient (Wildman–Crippen LogP) is 4.41. The van der Waals surface area contributed by atoms with Crippen LogP contribution in [0.5, 0.6) is 0 Å². The molecule has 2 fully saturated rings.